The number of thioether (sulfide) groups is 1. The Balaban J connectivity index is 1.39. The molecule has 1 aliphatic rings. The van der Waals surface area contributed by atoms with Crippen LogP contribution in [0.2, 0.25) is 15.1 Å². The largest absolute Gasteiger partial charge is 0.487 e. The van der Waals surface area contributed by atoms with E-state index < -0.39 is 29.4 Å². The first-order chi connectivity index (χ1) is 17.2. The fourth-order valence-electron chi connectivity index (χ4n) is 3.18. The second-order valence-electron chi connectivity index (χ2n) is 7.55. The van der Waals surface area contributed by atoms with Crippen LogP contribution in [0.15, 0.2) is 65.6 Å². The van der Waals surface area contributed by atoms with Crippen molar-refractivity contribution in [3.05, 3.63) is 97.6 Å². The number of imide groups is 1. The van der Waals surface area contributed by atoms with Gasteiger partial charge in [0.25, 0.3) is 11.1 Å². The van der Waals surface area contributed by atoms with Gasteiger partial charge in [-0.3, -0.25) is 19.3 Å². The second-order valence-corrected chi connectivity index (χ2v) is 9.76. The van der Waals surface area contributed by atoms with Crippen molar-refractivity contribution in [3.8, 4) is 5.75 Å². The normalized spacial score (nSPS) is 14.4. The number of ether oxygens (including phenoxy) is 1. The Hall–Kier alpha value is -3.04. The number of halogens is 4. The fourth-order valence-corrected chi connectivity index (χ4v) is 4.58. The molecule has 6 nitrogen and oxygen atoms in total. The summed E-state index contributed by atoms with van der Waals surface area (Å²) in [5, 5.41) is 3.11. The minimum absolute atomic E-state index is 0.148. The van der Waals surface area contributed by atoms with Gasteiger partial charge in [-0.1, -0.05) is 46.9 Å². The van der Waals surface area contributed by atoms with Gasteiger partial charge in [-0.05, 0) is 77.5 Å². The van der Waals surface area contributed by atoms with Gasteiger partial charge in [-0.25, -0.2) is 4.39 Å². The molecule has 1 fully saturated rings. The molecule has 11 heteroatoms. The smallest absolute Gasteiger partial charge is 0.294 e. The SMILES string of the molecule is O=C(CN1C(=O)S/C(=C\c2ccc(OCc3ccc(Cl)c(Cl)c3)c(Cl)c2)C1=O)Nc1ccc(F)cc1. The molecular weight excluding hydrogens is 550 g/mol. The van der Waals surface area contributed by atoms with Crippen LogP contribution in [0.4, 0.5) is 14.9 Å². The van der Waals surface area contributed by atoms with Crippen molar-refractivity contribution in [2.75, 3.05) is 11.9 Å². The molecule has 1 aliphatic heterocycles. The molecule has 0 aliphatic carbocycles. The van der Waals surface area contributed by atoms with Crippen molar-refractivity contribution in [2.24, 2.45) is 0 Å². The summed E-state index contributed by atoms with van der Waals surface area (Å²) in [4.78, 5) is 38.3. The maximum absolute atomic E-state index is 13.0. The van der Waals surface area contributed by atoms with E-state index in [1.807, 2.05) is 0 Å². The maximum atomic E-state index is 13.0. The zero-order valence-electron chi connectivity index (χ0n) is 18.3. The van der Waals surface area contributed by atoms with Crippen molar-refractivity contribution in [1.82, 2.24) is 4.90 Å². The van der Waals surface area contributed by atoms with E-state index in [2.05, 4.69) is 5.32 Å². The molecule has 1 N–H and O–H groups in total. The summed E-state index contributed by atoms with van der Waals surface area (Å²) in [6, 6.07) is 15.2. The third-order valence-electron chi connectivity index (χ3n) is 4.94. The van der Waals surface area contributed by atoms with Crippen LogP contribution in [-0.2, 0) is 16.2 Å². The lowest BCUT2D eigenvalue weighted by molar-refractivity contribution is -0.127. The van der Waals surface area contributed by atoms with E-state index in [0.717, 1.165) is 22.2 Å². The van der Waals surface area contributed by atoms with Gasteiger partial charge in [0.2, 0.25) is 5.91 Å². The number of carbonyl (C=O) groups is 3. The molecule has 1 heterocycles. The van der Waals surface area contributed by atoms with E-state index in [9.17, 15) is 18.8 Å². The lowest BCUT2D eigenvalue weighted by Gasteiger charge is -2.12. The Labute approximate surface area is 225 Å². The van der Waals surface area contributed by atoms with Crippen LogP contribution in [0.25, 0.3) is 6.08 Å². The van der Waals surface area contributed by atoms with Crippen LogP contribution >= 0.6 is 46.6 Å². The first kappa shape index (κ1) is 26.0. The number of rotatable bonds is 7. The molecule has 0 radical (unpaired) electrons. The van der Waals surface area contributed by atoms with Gasteiger partial charge in [-0.15, -0.1) is 0 Å². The number of nitrogens with zero attached hydrogens (tertiary/aromatic N) is 1. The van der Waals surface area contributed by atoms with Gasteiger partial charge in [0.1, 0.15) is 24.7 Å². The molecular formula is C25H16Cl3FN2O4S. The van der Waals surface area contributed by atoms with Crippen molar-refractivity contribution >= 4 is 75.4 Å². The molecule has 0 spiro atoms. The summed E-state index contributed by atoms with van der Waals surface area (Å²) in [6.07, 6.45) is 1.51. The predicted octanol–water partition coefficient (Wildman–Crippen LogP) is 7.04. The minimum atomic E-state index is -0.602. The summed E-state index contributed by atoms with van der Waals surface area (Å²) in [5.41, 5.74) is 1.73. The van der Waals surface area contributed by atoms with Crippen molar-refractivity contribution in [2.45, 2.75) is 6.61 Å². The summed E-state index contributed by atoms with van der Waals surface area (Å²) >= 11 is 19.0. The molecule has 4 rings (SSSR count). The van der Waals surface area contributed by atoms with Crippen LogP contribution in [0, 0.1) is 5.82 Å². The highest BCUT2D eigenvalue weighted by Crippen LogP contribution is 2.34. The van der Waals surface area contributed by atoms with Gasteiger partial charge in [0.05, 0.1) is 20.0 Å². The first-order valence-corrected chi connectivity index (χ1v) is 12.3. The van der Waals surface area contributed by atoms with Crippen molar-refractivity contribution in [1.29, 1.82) is 0 Å². The highest BCUT2D eigenvalue weighted by atomic mass is 35.5. The second kappa shape index (κ2) is 11.3. The van der Waals surface area contributed by atoms with E-state index in [1.165, 1.54) is 30.3 Å². The average molecular weight is 566 g/mol. The quantitative estimate of drug-likeness (QED) is 0.311. The van der Waals surface area contributed by atoms with Crippen LogP contribution < -0.4 is 10.1 Å². The van der Waals surface area contributed by atoms with Crippen LogP contribution in [0.3, 0.4) is 0 Å². The van der Waals surface area contributed by atoms with Gasteiger partial charge in [-0.2, -0.15) is 0 Å². The number of nitrogens with one attached hydrogen (secondary N) is 1. The molecule has 0 bridgehead atoms. The number of hydrogen-bond donors (Lipinski definition) is 1. The third kappa shape index (κ3) is 6.39. The number of anilines is 1. The van der Waals surface area contributed by atoms with E-state index in [1.54, 1.807) is 36.4 Å². The Kier molecular flexibility index (Phi) is 8.21. The summed E-state index contributed by atoms with van der Waals surface area (Å²) in [6.45, 7) is -0.254. The summed E-state index contributed by atoms with van der Waals surface area (Å²) < 4.78 is 18.8. The Morgan fingerprint density at radius 2 is 1.72 bits per heavy atom. The molecule has 3 aromatic carbocycles. The number of carbonyl (C=O) groups excluding carboxylic acids is 3. The highest BCUT2D eigenvalue weighted by molar-refractivity contribution is 8.18. The van der Waals surface area contributed by atoms with Crippen LogP contribution in [0.5, 0.6) is 5.75 Å². The number of amides is 3. The number of benzene rings is 3. The molecule has 36 heavy (non-hydrogen) atoms. The molecule has 0 aromatic heterocycles. The van der Waals surface area contributed by atoms with Gasteiger partial charge >= 0.3 is 0 Å². The molecule has 184 valence electrons. The maximum Gasteiger partial charge on any atom is 0.294 e. The monoisotopic (exact) mass is 564 g/mol. The zero-order chi connectivity index (χ0) is 25.8. The summed E-state index contributed by atoms with van der Waals surface area (Å²) in [5.74, 6) is -1.22. The van der Waals surface area contributed by atoms with Gasteiger partial charge in [0.15, 0.2) is 0 Å². The lowest BCUT2D eigenvalue weighted by Crippen LogP contribution is -2.36. The predicted molar refractivity (Wildman–Crippen MR) is 140 cm³/mol. The Morgan fingerprint density at radius 3 is 2.42 bits per heavy atom. The first-order valence-electron chi connectivity index (χ1n) is 10.4. The minimum Gasteiger partial charge on any atom is -0.487 e. The Bertz CT molecular complexity index is 1380. The Morgan fingerprint density at radius 1 is 0.972 bits per heavy atom. The van der Waals surface area contributed by atoms with Crippen LogP contribution in [0.1, 0.15) is 11.1 Å². The zero-order valence-corrected chi connectivity index (χ0v) is 21.3. The summed E-state index contributed by atoms with van der Waals surface area (Å²) in [7, 11) is 0. The molecule has 0 atom stereocenters. The number of hydrogen-bond acceptors (Lipinski definition) is 5. The van der Waals surface area contributed by atoms with Gasteiger partial charge in [0, 0.05) is 5.69 Å². The lowest BCUT2D eigenvalue weighted by atomic mass is 10.2. The molecule has 0 unspecified atom stereocenters. The van der Waals surface area contributed by atoms with Crippen molar-refractivity contribution in [3.63, 3.8) is 0 Å². The van der Waals surface area contributed by atoms with Crippen molar-refractivity contribution < 1.29 is 23.5 Å². The van der Waals surface area contributed by atoms with E-state index in [-0.39, 0.29) is 11.5 Å². The van der Waals surface area contributed by atoms with E-state index in [0.29, 0.717) is 32.1 Å². The van der Waals surface area contributed by atoms with E-state index >= 15 is 0 Å². The van der Waals surface area contributed by atoms with Gasteiger partial charge < -0.3 is 10.1 Å². The highest BCUT2D eigenvalue weighted by Gasteiger charge is 2.36. The molecule has 0 saturated carbocycles. The standard InChI is InChI=1S/C25H16Cl3FN2O4S/c26-18-7-1-15(10-19(18)27)13-35-21-8-2-14(9-20(21)28)11-22-24(33)31(25(34)36-22)12-23(32)30-17-5-3-16(29)4-6-17/h1-11H,12-13H2,(H,30,32)/b22-11-. The molecule has 3 amide bonds. The third-order valence-corrected chi connectivity index (χ3v) is 6.88. The van der Waals surface area contributed by atoms with Crippen LogP contribution in [-0.4, -0.2) is 28.5 Å². The fraction of sp³-hybridized carbons (Fsp3) is 0.0800. The molecule has 3 aromatic rings. The topological polar surface area (TPSA) is 75.7 Å². The average Bonchev–Trinajstić information content (AvgIpc) is 3.09. The van der Waals surface area contributed by atoms with E-state index in [4.69, 9.17) is 39.5 Å². The molecule has 1 saturated heterocycles.